The molecule has 6 aromatic rings. The van der Waals surface area contributed by atoms with Crippen molar-refractivity contribution in [2.24, 2.45) is 17.8 Å². The predicted octanol–water partition coefficient (Wildman–Crippen LogP) is -0.246. The van der Waals surface area contributed by atoms with Gasteiger partial charge in [0, 0.05) is 31.5 Å². The van der Waals surface area contributed by atoms with Gasteiger partial charge < -0.3 is 99.6 Å². The lowest BCUT2D eigenvalue weighted by molar-refractivity contribution is -0.166. The average molecular weight is 1500 g/mol. The number of nitrogens with two attached hydrogens (primary N) is 3. The minimum Gasteiger partial charge on any atom is -0.464 e. The molecule has 4 unspecified atom stereocenters. The highest BCUT2D eigenvalue weighted by atomic mass is 79.9. The zero-order chi connectivity index (χ0) is 69.3. The molecule has 10 rings (SSSR count). The normalized spacial score (nSPS) is 26.6. The Bertz CT molecular complexity index is 3720. The van der Waals surface area contributed by atoms with Gasteiger partial charge in [0.25, 0.3) is 11.7 Å². The largest absolute Gasteiger partial charge is 0.464 e. The van der Waals surface area contributed by atoms with Crippen molar-refractivity contribution >= 4 is 131 Å². The van der Waals surface area contributed by atoms with E-state index in [2.05, 4.69) is 86.2 Å². The molecule has 3 aliphatic carbocycles. The van der Waals surface area contributed by atoms with Gasteiger partial charge in [-0.1, -0.05) is 15.6 Å². The molecule has 0 aromatic carbocycles. The van der Waals surface area contributed by atoms with Crippen LogP contribution in [-0.2, 0) is 70.5 Å². The molecule has 6 aromatic heterocycles. The van der Waals surface area contributed by atoms with E-state index in [1.54, 1.807) is 11.6 Å². The number of aliphatic hydroxyl groups excluding tert-OH is 4. The number of halogens is 3. The molecule has 0 amide bonds. The van der Waals surface area contributed by atoms with Crippen LogP contribution in [0.25, 0.3) is 33.5 Å². The highest BCUT2D eigenvalue weighted by molar-refractivity contribution is 9.10. The summed E-state index contributed by atoms with van der Waals surface area (Å²) in [6.45, 7) is 8.69. The fraction of sp³-hybridized carbons (Fsp3) is 0.681. The van der Waals surface area contributed by atoms with Gasteiger partial charge in [0.1, 0.15) is 18.3 Å². The summed E-state index contributed by atoms with van der Waals surface area (Å²) >= 11 is 14.9. The van der Waals surface area contributed by atoms with Crippen LogP contribution < -0.4 is 17.2 Å². The van der Waals surface area contributed by atoms with E-state index in [0.29, 0.717) is 17.6 Å². The van der Waals surface area contributed by atoms with E-state index < -0.39 is 138 Å². The molecule has 520 valence electrons. The van der Waals surface area contributed by atoms with Gasteiger partial charge in [0.15, 0.2) is 56.7 Å². The lowest BCUT2D eigenvalue weighted by Gasteiger charge is -2.26. The van der Waals surface area contributed by atoms with Crippen LogP contribution in [-0.4, -0.2) is 246 Å². The van der Waals surface area contributed by atoms with Crippen molar-refractivity contribution in [1.29, 1.82) is 0 Å². The first-order chi connectivity index (χ1) is 44.0. The Morgan fingerprint density at radius 3 is 1.33 bits per heavy atom. The van der Waals surface area contributed by atoms with Crippen molar-refractivity contribution in [2.75, 3.05) is 70.6 Å². The van der Waals surface area contributed by atoms with Crippen LogP contribution in [0.5, 0.6) is 0 Å². The smallest absolute Gasteiger partial charge is 0.365 e. The number of fused-ring (bicyclic) bond motifs is 4. The summed E-state index contributed by atoms with van der Waals surface area (Å²) in [7, 11) is -12.1. The first-order valence-corrected chi connectivity index (χ1v) is 35.4. The van der Waals surface area contributed by atoms with E-state index in [1.165, 1.54) is 37.0 Å². The Kier molecular flexibility index (Phi) is 23.7. The van der Waals surface area contributed by atoms with Crippen LogP contribution in [0.4, 0.5) is 17.5 Å². The number of nitrogen functional groups attached to an aromatic ring is 3. The van der Waals surface area contributed by atoms with Crippen LogP contribution >= 0.6 is 61.7 Å². The summed E-state index contributed by atoms with van der Waals surface area (Å²) in [4.78, 5) is 97.4. The third kappa shape index (κ3) is 16.4. The Balaban J connectivity index is 0.000000181. The van der Waals surface area contributed by atoms with Gasteiger partial charge in [-0.15, -0.1) is 15.3 Å². The van der Waals surface area contributed by atoms with Crippen LogP contribution in [0.2, 0.25) is 10.6 Å². The molecule has 0 radical (unpaired) electrons. The molecular formula is C47H68BrCl2N18O23P3. The van der Waals surface area contributed by atoms with Crippen molar-refractivity contribution in [3.8, 4) is 0 Å². The van der Waals surface area contributed by atoms with Crippen molar-refractivity contribution < 1.29 is 110 Å². The Morgan fingerprint density at radius 2 is 0.926 bits per heavy atom. The monoisotopic (exact) mass is 1490 g/mol. The fourth-order valence-corrected chi connectivity index (χ4v) is 14.0. The number of ether oxygens (including phenoxy) is 8. The second-order valence-corrected chi connectivity index (χ2v) is 29.4. The van der Waals surface area contributed by atoms with Gasteiger partial charge >= 0.3 is 33.1 Å². The lowest BCUT2D eigenvalue weighted by atomic mass is 10.1. The molecule has 0 bridgehead atoms. The predicted molar refractivity (Wildman–Crippen MR) is 323 cm³/mol. The van der Waals surface area contributed by atoms with Gasteiger partial charge in [-0.3, -0.25) is 13.7 Å². The van der Waals surface area contributed by atoms with Crippen LogP contribution in [0.15, 0.2) is 4.73 Å². The highest BCUT2D eigenvalue weighted by Gasteiger charge is 2.56. The molecule has 14 N–H and O–H groups in total. The number of aliphatic hydroxyl groups is 4. The first kappa shape index (κ1) is 74.2. The second kappa shape index (κ2) is 30.1. The van der Waals surface area contributed by atoms with Crippen LogP contribution in [0, 0.1) is 17.8 Å². The topological polar surface area (TPSA) is 595 Å². The number of esters is 3. The highest BCUT2D eigenvalue weighted by Crippen LogP contribution is 2.52. The number of nitrogens with zero attached hydrogens (tertiary/aromatic N) is 15. The molecule has 4 fully saturated rings. The molecule has 94 heavy (non-hydrogen) atoms. The molecule has 1 saturated heterocycles. The zero-order valence-electron chi connectivity index (χ0n) is 50.6. The molecule has 16 atom stereocenters. The van der Waals surface area contributed by atoms with E-state index in [1.807, 2.05) is 13.8 Å². The lowest BCUT2D eigenvalue weighted by Crippen LogP contribution is -2.33. The van der Waals surface area contributed by atoms with E-state index in [-0.39, 0.29) is 106 Å². The molecule has 1 aliphatic heterocycles. The number of anilines is 3. The quantitative estimate of drug-likeness (QED) is 0.0181. The number of carbonyl (C=O) groups is 3. The number of aromatic nitrogens is 15. The van der Waals surface area contributed by atoms with Gasteiger partial charge in [-0.05, 0) is 93.0 Å². The molecule has 0 spiro atoms. The number of hydrogen-bond donors (Lipinski definition) is 11. The van der Waals surface area contributed by atoms with Crippen molar-refractivity contribution in [3.63, 3.8) is 0 Å². The molecule has 41 nitrogen and oxygen atoms in total. The summed E-state index contributed by atoms with van der Waals surface area (Å²) < 4.78 is 88.0. The summed E-state index contributed by atoms with van der Waals surface area (Å²) in [6.07, 6.45) is -5.47. The van der Waals surface area contributed by atoms with E-state index in [9.17, 15) is 68.1 Å². The van der Waals surface area contributed by atoms with E-state index in [4.69, 9.17) is 73.3 Å². The maximum absolute atomic E-state index is 12.8. The molecule has 4 aliphatic rings. The summed E-state index contributed by atoms with van der Waals surface area (Å²) in [5.74, 6) is -11.3. The minimum atomic E-state index is -4.97. The van der Waals surface area contributed by atoms with Gasteiger partial charge in [0.05, 0.1) is 76.1 Å². The van der Waals surface area contributed by atoms with Gasteiger partial charge in [0.2, 0.25) is 28.5 Å². The zero-order valence-corrected chi connectivity index (χ0v) is 56.4. The SMILES string of the molecule is CCOC(=O)C(OC[C@H]1C[C@@H](n2nnc3c(N)nc(Br)nc32)[C@H](O)[C@@H]1O)P(=O)(O)O.CCOC(=O)C(OC[C@H]1C[C@@H](n2nnc3c(N)nc(Cl)nc32)[C@@H]2OC(C)(C)O[C@H]12)P(C)(=O)OC.CCOC(=O)C(OC[C@H]1C[C@@H](n2nnc3c(N)nc(Cl)nc32)[C@H](O)[C@@H]1O)P(=O)(O)O. The van der Waals surface area contributed by atoms with Gasteiger partial charge in [-0.25, -0.2) is 38.4 Å². The summed E-state index contributed by atoms with van der Waals surface area (Å²) in [6, 6.07) is -1.94. The number of carbonyl (C=O) groups excluding carboxylic acids is 3. The Labute approximate surface area is 549 Å². The van der Waals surface area contributed by atoms with E-state index in [0.717, 1.165) is 0 Å². The second-order valence-electron chi connectivity index (χ2n) is 22.1. The molecule has 47 heteroatoms. The average Bonchev–Trinajstić information content (AvgIpc) is 1.60. The van der Waals surface area contributed by atoms with E-state index >= 15 is 0 Å². The van der Waals surface area contributed by atoms with Crippen molar-refractivity contribution in [3.05, 3.63) is 15.3 Å². The third-order valence-corrected chi connectivity index (χ3v) is 19.8. The number of rotatable bonds is 22. The van der Waals surface area contributed by atoms with Crippen LogP contribution in [0.3, 0.4) is 0 Å². The maximum Gasteiger partial charge on any atom is 0.365 e. The standard InChI is InChI=1S/C19H28ClN6O7P.C14H20BrN6O8P.C14H20ClN6O8P/c1-6-30-16(27)17(34(5,28)29-4)31-8-9-7-10(13-12(9)32-19(2,3)33-13)26-15-11(24-25-26)14(21)22-18(20)23-15;2*1-2-28-12(24)13(30(25,26)27)29-4-5-3-6(9(23)8(5)22)21-11-7(19-20-21)10(16)17-14(15)18-11/h9-10,12-13,17H,6-8H2,1-5H3,(H2,21,22,23);2*5-6,8-9,13,22-23H,2-4H2,1H3,(H2,16,17,18)(H2,25,26,27)/t9-,10-,12-,13+,17?,34?;2*5-,6-,8-,9+,13?/m111/s1. The third-order valence-electron chi connectivity index (χ3n) is 15.3. The summed E-state index contributed by atoms with van der Waals surface area (Å²) in [5, 5.41) is 65.5. The first-order valence-electron chi connectivity index (χ1n) is 28.3. The molecular weight excluding hydrogens is 1430 g/mol. The van der Waals surface area contributed by atoms with Crippen molar-refractivity contribution in [2.45, 2.75) is 132 Å². The molecule has 3 saturated carbocycles. The Morgan fingerprint density at radius 1 is 0.574 bits per heavy atom. The van der Waals surface area contributed by atoms with Crippen LogP contribution in [0.1, 0.15) is 72.0 Å². The summed E-state index contributed by atoms with van der Waals surface area (Å²) in [5.41, 5.74) is 18.9. The van der Waals surface area contributed by atoms with Crippen molar-refractivity contribution in [1.82, 2.24) is 74.9 Å². The maximum atomic E-state index is 12.8. The Hall–Kier alpha value is -5.56. The van der Waals surface area contributed by atoms with Gasteiger partial charge in [-0.2, -0.15) is 19.9 Å². The number of hydrogen-bond acceptors (Lipinski definition) is 34. The minimum absolute atomic E-state index is 0.0110. The fourth-order valence-electron chi connectivity index (χ4n) is 11.0. The molecule has 7 heterocycles.